The molecule has 0 N–H and O–H groups in total. The number of nitrogens with zero attached hydrogens (tertiary/aromatic N) is 1. The molecule has 12 heavy (non-hydrogen) atoms. The van der Waals surface area contributed by atoms with Crippen molar-refractivity contribution in [1.29, 1.82) is 0 Å². The highest BCUT2D eigenvalue weighted by atomic mass is 16.2. The van der Waals surface area contributed by atoms with Crippen LogP contribution in [0.4, 0.5) is 0 Å². The van der Waals surface area contributed by atoms with E-state index < -0.39 is 0 Å². The minimum absolute atomic E-state index is 0.208. The van der Waals surface area contributed by atoms with Gasteiger partial charge >= 0.3 is 0 Å². The van der Waals surface area contributed by atoms with Gasteiger partial charge in [0.05, 0.1) is 0 Å². The van der Waals surface area contributed by atoms with Crippen LogP contribution in [0.5, 0.6) is 0 Å². The first-order chi connectivity index (χ1) is 5.43. The molecular formula is C10H19NO. The molecule has 0 aromatic rings. The highest BCUT2D eigenvalue weighted by Gasteiger charge is 2.31. The monoisotopic (exact) mass is 169 g/mol. The molecule has 1 amide bonds. The second-order valence-electron chi connectivity index (χ2n) is 4.73. The van der Waals surface area contributed by atoms with Crippen molar-refractivity contribution in [1.82, 2.24) is 4.90 Å². The summed E-state index contributed by atoms with van der Waals surface area (Å²) in [6.45, 7) is 9.65. The average Bonchev–Trinajstić information content (AvgIpc) is 2.31. The molecule has 1 rings (SSSR count). The van der Waals surface area contributed by atoms with E-state index in [1.807, 2.05) is 4.90 Å². The van der Waals surface area contributed by atoms with Crippen molar-refractivity contribution >= 4 is 5.91 Å². The molecule has 0 aromatic heterocycles. The highest BCUT2D eigenvalue weighted by molar-refractivity contribution is 5.78. The maximum absolute atomic E-state index is 11.4. The number of rotatable bonds is 1. The summed E-state index contributed by atoms with van der Waals surface area (Å²) >= 11 is 0. The van der Waals surface area contributed by atoms with Crippen molar-refractivity contribution in [2.24, 2.45) is 5.41 Å². The van der Waals surface area contributed by atoms with Crippen molar-refractivity contribution in [3.8, 4) is 0 Å². The van der Waals surface area contributed by atoms with Gasteiger partial charge in [-0.05, 0) is 18.8 Å². The Kier molecular flexibility index (Phi) is 2.45. The summed E-state index contributed by atoms with van der Waals surface area (Å²) in [5, 5.41) is 0. The Bertz CT molecular complexity index is 181. The fraction of sp³-hybridized carbons (Fsp3) is 0.900. The number of amides is 1. The molecule has 0 bridgehead atoms. The maximum Gasteiger partial charge on any atom is 0.222 e. The molecule has 1 fully saturated rings. The lowest BCUT2D eigenvalue weighted by atomic mass is 9.87. The predicted molar refractivity (Wildman–Crippen MR) is 49.9 cm³/mol. The van der Waals surface area contributed by atoms with E-state index in [0.29, 0.717) is 11.9 Å². The van der Waals surface area contributed by atoms with E-state index in [9.17, 15) is 4.79 Å². The predicted octanol–water partition coefficient (Wildman–Crippen LogP) is 2.04. The van der Waals surface area contributed by atoms with Crippen molar-refractivity contribution in [3.63, 3.8) is 0 Å². The van der Waals surface area contributed by atoms with Crippen LogP contribution in [-0.2, 0) is 4.79 Å². The highest BCUT2D eigenvalue weighted by Crippen LogP contribution is 2.27. The molecule has 1 atom stereocenters. The van der Waals surface area contributed by atoms with E-state index in [4.69, 9.17) is 0 Å². The molecule has 1 saturated heterocycles. The summed E-state index contributed by atoms with van der Waals surface area (Å²) in [7, 11) is 0. The van der Waals surface area contributed by atoms with Crippen LogP contribution in [0.3, 0.4) is 0 Å². The summed E-state index contributed by atoms with van der Waals surface area (Å²) in [6.07, 6.45) is 1.79. The fourth-order valence-corrected chi connectivity index (χ4v) is 1.55. The van der Waals surface area contributed by atoms with Gasteiger partial charge in [0.1, 0.15) is 0 Å². The molecule has 0 aromatic carbocycles. The Balaban J connectivity index is 2.63. The molecule has 0 aliphatic carbocycles. The van der Waals surface area contributed by atoms with E-state index in [-0.39, 0.29) is 5.41 Å². The third-order valence-corrected chi connectivity index (χ3v) is 2.83. The molecule has 0 radical (unpaired) electrons. The second kappa shape index (κ2) is 3.08. The third kappa shape index (κ3) is 1.79. The van der Waals surface area contributed by atoms with E-state index in [0.717, 1.165) is 19.4 Å². The molecular weight excluding hydrogens is 150 g/mol. The number of hydrogen-bond acceptors (Lipinski definition) is 1. The SMILES string of the molecule is CC(N1CCCC1=O)C(C)(C)C. The van der Waals surface area contributed by atoms with Gasteiger partial charge in [0, 0.05) is 19.0 Å². The number of carbonyl (C=O) groups is 1. The Labute approximate surface area is 74.9 Å². The van der Waals surface area contributed by atoms with E-state index in [1.165, 1.54) is 0 Å². The topological polar surface area (TPSA) is 20.3 Å². The van der Waals surface area contributed by atoms with Crippen LogP contribution < -0.4 is 0 Å². The average molecular weight is 169 g/mol. The lowest BCUT2D eigenvalue weighted by Crippen LogP contribution is -2.42. The Morgan fingerprint density at radius 2 is 2.00 bits per heavy atom. The van der Waals surface area contributed by atoms with Crippen LogP contribution in [-0.4, -0.2) is 23.4 Å². The standard InChI is InChI=1S/C10H19NO/c1-8(10(2,3)4)11-7-5-6-9(11)12/h8H,5-7H2,1-4H3. The lowest BCUT2D eigenvalue weighted by molar-refractivity contribution is -0.131. The normalized spacial score (nSPS) is 21.7. The zero-order chi connectivity index (χ0) is 9.35. The molecule has 2 nitrogen and oxygen atoms in total. The summed E-state index contributed by atoms with van der Waals surface area (Å²) in [6, 6.07) is 0.368. The molecule has 1 heterocycles. The Hall–Kier alpha value is -0.530. The maximum atomic E-state index is 11.4. The number of likely N-dealkylation sites (tertiary alicyclic amines) is 1. The second-order valence-corrected chi connectivity index (χ2v) is 4.73. The van der Waals surface area contributed by atoms with Gasteiger partial charge in [0.25, 0.3) is 0 Å². The Morgan fingerprint density at radius 3 is 2.33 bits per heavy atom. The van der Waals surface area contributed by atoms with Crippen LogP contribution in [0.2, 0.25) is 0 Å². The van der Waals surface area contributed by atoms with Crippen molar-refractivity contribution in [3.05, 3.63) is 0 Å². The van der Waals surface area contributed by atoms with Gasteiger partial charge in [-0.15, -0.1) is 0 Å². The molecule has 0 spiro atoms. The largest absolute Gasteiger partial charge is 0.339 e. The molecule has 2 heteroatoms. The molecule has 1 aliphatic heterocycles. The van der Waals surface area contributed by atoms with E-state index >= 15 is 0 Å². The summed E-state index contributed by atoms with van der Waals surface area (Å²) in [5.74, 6) is 0.331. The van der Waals surface area contributed by atoms with Crippen molar-refractivity contribution in [2.75, 3.05) is 6.54 Å². The molecule has 70 valence electrons. The van der Waals surface area contributed by atoms with Crippen LogP contribution in [0.1, 0.15) is 40.5 Å². The quantitative estimate of drug-likeness (QED) is 0.588. The van der Waals surface area contributed by atoms with Gasteiger partial charge in [-0.25, -0.2) is 0 Å². The van der Waals surface area contributed by atoms with E-state index in [1.54, 1.807) is 0 Å². The first-order valence-electron chi connectivity index (χ1n) is 4.72. The summed E-state index contributed by atoms with van der Waals surface area (Å²) in [4.78, 5) is 13.4. The molecule has 1 aliphatic rings. The van der Waals surface area contributed by atoms with E-state index in [2.05, 4.69) is 27.7 Å². The summed E-state index contributed by atoms with van der Waals surface area (Å²) < 4.78 is 0. The third-order valence-electron chi connectivity index (χ3n) is 2.83. The number of carbonyl (C=O) groups excluding carboxylic acids is 1. The zero-order valence-corrected chi connectivity index (χ0v) is 8.55. The zero-order valence-electron chi connectivity index (χ0n) is 8.55. The van der Waals surface area contributed by atoms with Crippen LogP contribution in [0.25, 0.3) is 0 Å². The van der Waals surface area contributed by atoms with Gasteiger partial charge in [-0.1, -0.05) is 20.8 Å². The smallest absolute Gasteiger partial charge is 0.222 e. The molecule has 0 saturated carbocycles. The minimum Gasteiger partial charge on any atom is -0.339 e. The van der Waals surface area contributed by atoms with Gasteiger partial charge in [0.2, 0.25) is 5.91 Å². The minimum atomic E-state index is 0.208. The van der Waals surface area contributed by atoms with Gasteiger partial charge < -0.3 is 4.90 Å². The van der Waals surface area contributed by atoms with Crippen molar-refractivity contribution < 1.29 is 4.79 Å². The van der Waals surface area contributed by atoms with Crippen LogP contribution in [0.15, 0.2) is 0 Å². The van der Waals surface area contributed by atoms with Crippen LogP contribution >= 0.6 is 0 Å². The van der Waals surface area contributed by atoms with Crippen LogP contribution in [0, 0.1) is 5.41 Å². The number of hydrogen-bond donors (Lipinski definition) is 0. The lowest BCUT2D eigenvalue weighted by Gasteiger charge is -2.35. The Morgan fingerprint density at radius 1 is 1.42 bits per heavy atom. The van der Waals surface area contributed by atoms with Gasteiger partial charge in [-0.2, -0.15) is 0 Å². The molecule has 1 unspecified atom stereocenters. The first-order valence-corrected chi connectivity index (χ1v) is 4.72. The van der Waals surface area contributed by atoms with Gasteiger partial charge in [-0.3, -0.25) is 4.79 Å². The fourth-order valence-electron chi connectivity index (χ4n) is 1.55. The first kappa shape index (κ1) is 9.56. The van der Waals surface area contributed by atoms with Gasteiger partial charge in [0.15, 0.2) is 0 Å². The summed E-state index contributed by atoms with van der Waals surface area (Å²) in [5.41, 5.74) is 0.208. The van der Waals surface area contributed by atoms with Crippen molar-refractivity contribution in [2.45, 2.75) is 46.6 Å².